The Hall–Kier alpha value is -7.57. The largest absolute Gasteiger partial charge is 0.456 e. The van der Waals surface area contributed by atoms with Crippen molar-refractivity contribution in [1.82, 2.24) is 15.0 Å². The predicted molar refractivity (Wildman–Crippen MR) is 237 cm³/mol. The summed E-state index contributed by atoms with van der Waals surface area (Å²) in [6.07, 6.45) is 15.0. The second-order valence-electron chi connectivity index (χ2n) is 14.7. The van der Waals surface area contributed by atoms with Crippen LogP contribution >= 0.6 is 0 Å². The standard InChI is InChI=1S/C52H36N4O2/c1-3-33(34-15-6-4-7-16-34)26-25-32(2)50-53-51(35-27-28-39-38-20-11-13-24-45(38)57-46(39)31-35)55-52(54-50)43-22-14-21-41-42-30-29-40-37-19-10-12-23-44(37)56(36-17-8-5-9-18-36)47(40)49(42)58-48(41)43/h3-31,37,44H,2H2,1H3/b26-25-,33-3+. The molecule has 3 aromatic heterocycles. The lowest BCUT2D eigenvalue weighted by molar-refractivity contribution is 0.667. The second-order valence-corrected chi connectivity index (χ2v) is 14.7. The Balaban J connectivity index is 1.09. The quantitative estimate of drug-likeness (QED) is 0.151. The van der Waals surface area contributed by atoms with Crippen LogP contribution < -0.4 is 4.90 Å². The number of para-hydroxylation sites is 3. The predicted octanol–water partition coefficient (Wildman–Crippen LogP) is 13.4. The minimum absolute atomic E-state index is 0.141. The third kappa shape index (κ3) is 5.45. The molecule has 0 N–H and O–H groups in total. The molecule has 0 saturated heterocycles. The second kappa shape index (κ2) is 13.6. The highest BCUT2D eigenvalue weighted by Gasteiger charge is 2.40. The topological polar surface area (TPSA) is 68.2 Å². The number of allylic oxidation sites excluding steroid dienone is 7. The number of anilines is 2. The SMILES string of the molecule is C=C(/C=C\C(=C/C)c1ccccc1)c1nc(-c2ccc3c(c2)oc2ccccc23)nc(-c2cccc3c2oc2c4c(ccc23)C2C=CC=CC2N4c2ccccc2)n1. The summed E-state index contributed by atoms with van der Waals surface area (Å²) in [4.78, 5) is 17.7. The lowest BCUT2D eigenvalue weighted by Gasteiger charge is -2.28. The zero-order valence-corrected chi connectivity index (χ0v) is 31.7. The average molecular weight is 749 g/mol. The highest BCUT2D eigenvalue weighted by atomic mass is 16.3. The van der Waals surface area contributed by atoms with E-state index in [0.717, 1.165) is 77.5 Å². The van der Waals surface area contributed by atoms with E-state index in [-0.39, 0.29) is 12.0 Å². The summed E-state index contributed by atoms with van der Waals surface area (Å²) in [6.45, 7) is 6.49. The van der Waals surface area contributed by atoms with Crippen molar-refractivity contribution in [2.45, 2.75) is 18.9 Å². The first-order valence-electron chi connectivity index (χ1n) is 19.6. The lowest BCUT2D eigenvalue weighted by Crippen LogP contribution is -2.28. The summed E-state index contributed by atoms with van der Waals surface area (Å²) in [5.41, 5.74) is 11.0. The van der Waals surface area contributed by atoms with Gasteiger partial charge in [0.2, 0.25) is 0 Å². The van der Waals surface area contributed by atoms with E-state index in [2.05, 4.69) is 127 Å². The first-order chi connectivity index (χ1) is 28.6. The number of fused-ring (bicyclic) bond motifs is 10. The molecule has 2 atom stereocenters. The first kappa shape index (κ1) is 33.7. The van der Waals surface area contributed by atoms with Crippen molar-refractivity contribution in [2.24, 2.45) is 0 Å². The monoisotopic (exact) mass is 748 g/mol. The smallest absolute Gasteiger partial charge is 0.167 e. The summed E-state index contributed by atoms with van der Waals surface area (Å²) in [5.74, 6) is 1.68. The Bertz CT molecular complexity index is 3220. The maximum absolute atomic E-state index is 7.07. The van der Waals surface area contributed by atoms with Gasteiger partial charge < -0.3 is 13.7 Å². The maximum atomic E-state index is 7.07. The van der Waals surface area contributed by atoms with Gasteiger partial charge in [-0.25, -0.2) is 15.0 Å². The summed E-state index contributed by atoms with van der Waals surface area (Å²) >= 11 is 0. The van der Waals surface area contributed by atoms with E-state index in [9.17, 15) is 0 Å². The van der Waals surface area contributed by atoms with Gasteiger partial charge >= 0.3 is 0 Å². The highest BCUT2D eigenvalue weighted by molar-refractivity contribution is 6.14. The molecule has 0 spiro atoms. The molecule has 1 aliphatic carbocycles. The van der Waals surface area contributed by atoms with Gasteiger partial charge in [-0.1, -0.05) is 146 Å². The van der Waals surface area contributed by atoms with Crippen LogP contribution in [-0.2, 0) is 0 Å². The van der Waals surface area contributed by atoms with Crippen LogP contribution in [0.5, 0.6) is 0 Å². The summed E-state index contributed by atoms with van der Waals surface area (Å²) < 4.78 is 13.4. The molecule has 0 bridgehead atoms. The molecule has 276 valence electrons. The fraction of sp³-hybridized carbons (Fsp3) is 0.0577. The van der Waals surface area contributed by atoms with Gasteiger partial charge in [-0.05, 0) is 60.0 Å². The maximum Gasteiger partial charge on any atom is 0.167 e. The Kier molecular flexibility index (Phi) is 7.89. The van der Waals surface area contributed by atoms with E-state index in [4.69, 9.17) is 23.8 Å². The fourth-order valence-electron chi connectivity index (χ4n) is 8.61. The van der Waals surface area contributed by atoms with Gasteiger partial charge in [0.25, 0.3) is 0 Å². The van der Waals surface area contributed by atoms with Gasteiger partial charge in [-0.15, -0.1) is 0 Å². The van der Waals surface area contributed by atoms with Crippen LogP contribution in [0.4, 0.5) is 11.4 Å². The Morgan fingerprint density at radius 1 is 0.638 bits per heavy atom. The van der Waals surface area contributed by atoms with Crippen molar-refractivity contribution in [1.29, 1.82) is 0 Å². The molecule has 6 nitrogen and oxygen atoms in total. The zero-order valence-electron chi connectivity index (χ0n) is 31.7. The number of furan rings is 2. The van der Waals surface area contributed by atoms with Crippen molar-refractivity contribution in [3.63, 3.8) is 0 Å². The van der Waals surface area contributed by atoms with E-state index in [1.807, 2.05) is 67.6 Å². The van der Waals surface area contributed by atoms with Crippen LogP contribution in [0.25, 0.3) is 77.8 Å². The number of benzene rings is 6. The van der Waals surface area contributed by atoms with Gasteiger partial charge in [0.1, 0.15) is 16.7 Å². The number of aromatic nitrogens is 3. The van der Waals surface area contributed by atoms with Gasteiger partial charge in [-0.3, -0.25) is 0 Å². The van der Waals surface area contributed by atoms with Crippen LogP contribution in [0, 0.1) is 0 Å². The van der Waals surface area contributed by atoms with E-state index in [1.165, 1.54) is 5.56 Å². The Labute approximate surface area is 335 Å². The lowest BCUT2D eigenvalue weighted by atomic mass is 9.91. The van der Waals surface area contributed by atoms with Gasteiger partial charge in [-0.2, -0.15) is 0 Å². The third-order valence-corrected chi connectivity index (χ3v) is 11.4. The van der Waals surface area contributed by atoms with Crippen LogP contribution in [0.1, 0.15) is 29.8 Å². The van der Waals surface area contributed by atoms with Crippen molar-refractivity contribution < 1.29 is 8.83 Å². The van der Waals surface area contributed by atoms with E-state index < -0.39 is 0 Å². The van der Waals surface area contributed by atoms with E-state index in [1.54, 1.807) is 0 Å². The number of rotatable bonds is 7. The number of nitrogens with zero attached hydrogens (tertiary/aromatic N) is 4. The van der Waals surface area contributed by atoms with E-state index >= 15 is 0 Å². The van der Waals surface area contributed by atoms with E-state index in [0.29, 0.717) is 23.0 Å². The van der Waals surface area contributed by atoms with Crippen molar-refractivity contribution in [3.8, 4) is 22.8 Å². The van der Waals surface area contributed by atoms with Gasteiger partial charge in [0, 0.05) is 44.3 Å². The Morgan fingerprint density at radius 2 is 1.36 bits per heavy atom. The van der Waals surface area contributed by atoms with Crippen LogP contribution in [0.3, 0.4) is 0 Å². The molecule has 0 fully saturated rings. The van der Waals surface area contributed by atoms with Crippen molar-refractivity contribution in [2.75, 3.05) is 4.90 Å². The fourth-order valence-corrected chi connectivity index (χ4v) is 8.61. The Morgan fingerprint density at radius 3 is 2.22 bits per heavy atom. The minimum Gasteiger partial charge on any atom is -0.456 e. The summed E-state index contributed by atoms with van der Waals surface area (Å²) in [7, 11) is 0. The normalized spacial score (nSPS) is 16.3. The van der Waals surface area contributed by atoms with Crippen molar-refractivity contribution >= 4 is 66.4 Å². The zero-order chi connectivity index (χ0) is 38.7. The summed E-state index contributed by atoms with van der Waals surface area (Å²) in [6, 6.07) is 45.9. The summed E-state index contributed by atoms with van der Waals surface area (Å²) in [5, 5.41) is 4.14. The molecule has 4 heterocycles. The first-order valence-corrected chi connectivity index (χ1v) is 19.6. The van der Waals surface area contributed by atoms with Crippen molar-refractivity contribution in [3.05, 3.63) is 200 Å². The number of hydrogen-bond donors (Lipinski definition) is 0. The molecule has 0 radical (unpaired) electrons. The molecule has 2 aliphatic rings. The third-order valence-electron chi connectivity index (χ3n) is 11.4. The molecule has 58 heavy (non-hydrogen) atoms. The number of hydrogen-bond acceptors (Lipinski definition) is 6. The molecule has 0 amide bonds. The van der Waals surface area contributed by atoms with Gasteiger partial charge in [0.05, 0.1) is 17.3 Å². The van der Waals surface area contributed by atoms with Crippen LogP contribution in [0.15, 0.2) is 191 Å². The average Bonchev–Trinajstić information content (AvgIpc) is 3.96. The molecule has 0 saturated carbocycles. The molecular formula is C52H36N4O2. The minimum atomic E-state index is 0.141. The van der Waals surface area contributed by atoms with Crippen LogP contribution in [0.2, 0.25) is 0 Å². The molecule has 9 aromatic rings. The molecule has 11 rings (SSSR count). The molecular weight excluding hydrogens is 713 g/mol. The van der Waals surface area contributed by atoms with Gasteiger partial charge in [0.15, 0.2) is 23.1 Å². The molecule has 2 unspecified atom stereocenters. The molecule has 6 aromatic carbocycles. The highest BCUT2D eigenvalue weighted by Crippen LogP contribution is 2.52. The van der Waals surface area contributed by atoms with Crippen LogP contribution in [-0.4, -0.2) is 21.0 Å². The molecule has 6 heteroatoms. The molecule has 1 aliphatic heterocycles.